The van der Waals surface area contributed by atoms with Crippen molar-refractivity contribution in [3.8, 4) is 33.7 Å². The molecule has 2 aromatic carbocycles. The molecule has 6 heteroatoms. The number of rotatable bonds is 3. The van der Waals surface area contributed by atoms with Crippen molar-refractivity contribution in [3.05, 3.63) is 84.2 Å². The Morgan fingerprint density at radius 2 is 1.43 bits per heavy atom. The predicted octanol–water partition coefficient (Wildman–Crippen LogP) is 6.40. The van der Waals surface area contributed by atoms with Crippen LogP contribution in [0.25, 0.3) is 33.7 Å². The van der Waals surface area contributed by atoms with E-state index in [-0.39, 0.29) is 5.69 Å². The third-order valence-electron chi connectivity index (χ3n) is 4.32. The fraction of sp³-hybridized carbons (Fsp3) is 0.0909. The highest BCUT2D eigenvalue weighted by atomic mass is 19.4. The standard InChI is InChI=1S/C22H15F3N2O/c1-14-12-18(28-27-14)20-17(15-8-4-2-5-9-15)13-19(22(23,24)25)26-21(20)16-10-6-3-7-11-16/h2-13H,1H3. The molecule has 0 saturated carbocycles. The average Bonchev–Trinajstić information content (AvgIpc) is 3.13. The van der Waals surface area contributed by atoms with E-state index in [1.54, 1.807) is 67.6 Å². The van der Waals surface area contributed by atoms with Gasteiger partial charge in [-0.15, -0.1) is 0 Å². The van der Waals surface area contributed by atoms with Crippen molar-refractivity contribution in [2.24, 2.45) is 0 Å². The maximum Gasteiger partial charge on any atom is 0.433 e. The summed E-state index contributed by atoms with van der Waals surface area (Å²) in [6, 6.07) is 20.4. The second-order valence-corrected chi connectivity index (χ2v) is 6.34. The Balaban J connectivity index is 2.11. The first-order valence-corrected chi connectivity index (χ1v) is 8.60. The molecule has 0 atom stereocenters. The molecule has 0 spiro atoms. The highest BCUT2D eigenvalue weighted by Crippen LogP contribution is 2.42. The van der Waals surface area contributed by atoms with E-state index in [1.165, 1.54) is 0 Å². The van der Waals surface area contributed by atoms with Gasteiger partial charge in [0.15, 0.2) is 5.76 Å². The van der Waals surface area contributed by atoms with E-state index >= 15 is 0 Å². The average molecular weight is 380 g/mol. The van der Waals surface area contributed by atoms with Crippen molar-refractivity contribution in [3.63, 3.8) is 0 Å². The Bertz CT molecular complexity index is 1040. The summed E-state index contributed by atoms with van der Waals surface area (Å²) in [5.41, 5.74) is 1.94. The van der Waals surface area contributed by atoms with Gasteiger partial charge in [0.2, 0.25) is 0 Å². The minimum Gasteiger partial charge on any atom is -0.356 e. The molecule has 0 unspecified atom stereocenters. The van der Waals surface area contributed by atoms with Crippen molar-refractivity contribution in [2.45, 2.75) is 13.1 Å². The monoisotopic (exact) mass is 380 g/mol. The number of aryl methyl sites for hydroxylation is 1. The second kappa shape index (κ2) is 6.96. The quantitative estimate of drug-likeness (QED) is 0.413. The van der Waals surface area contributed by atoms with Crippen LogP contribution in [0.1, 0.15) is 11.4 Å². The molecule has 0 aliphatic carbocycles. The number of hydrogen-bond acceptors (Lipinski definition) is 3. The fourth-order valence-electron chi connectivity index (χ4n) is 3.07. The van der Waals surface area contributed by atoms with Crippen LogP contribution < -0.4 is 0 Å². The lowest BCUT2D eigenvalue weighted by molar-refractivity contribution is -0.141. The lowest BCUT2D eigenvalue weighted by Gasteiger charge is -2.16. The molecular formula is C22H15F3N2O. The predicted molar refractivity (Wildman–Crippen MR) is 100 cm³/mol. The van der Waals surface area contributed by atoms with E-state index < -0.39 is 11.9 Å². The number of pyridine rings is 1. The van der Waals surface area contributed by atoms with E-state index in [4.69, 9.17) is 4.52 Å². The van der Waals surface area contributed by atoms with Gasteiger partial charge in [-0.05, 0) is 24.1 Å². The molecule has 4 aromatic rings. The Morgan fingerprint density at radius 1 is 0.821 bits per heavy atom. The lowest BCUT2D eigenvalue weighted by Crippen LogP contribution is -2.10. The number of halogens is 3. The smallest absolute Gasteiger partial charge is 0.356 e. The Labute approximate surface area is 159 Å². The summed E-state index contributed by atoms with van der Waals surface area (Å²) in [6.45, 7) is 1.76. The van der Waals surface area contributed by atoms with E-state index in [9.17, 15) is 13.2 Å². The van der Waals surface area contributed by atoms with E-state index in [0.29, 0.717) is 33.7 Å². The van der Waals surface area contributed by atoms with Crippen LogP contribution in [0.5, 0.6) is 0 Å². The second-order valence-electron chi connectivity index (χ2n) is 6.34. The molecule has 140 valence electrons. The molecule has 3 nitrogen and oxygen atoms in total. The summed E-state index contributed by atoms with van der Waals surface area (Å²) >= 11 is 0. The maximum atomic E-state index is 13.6. The summed E-state index contributed by atoms with van der Waals surface area (Å²) in [6.07, 6.45) is -4.58. The number of alkyl halides is 3. The van der Waals surface area contributed by atoms with Crippen LogP contribution in [0, 0.1) is 6.92 Å². The van der Waals surface area contributed by atoms with E-state index in [2.05, 4.69) is 10.1 Å². The number of benzene rings is 2. The molecule has 0 bridgehead atoms. The Hall–Kier alpha value is -3.41. The zero-order valence-electron chi connectivity index (χ0n) is 14.9. The number of aromatic nitrogens is 2. The first kappa shape index (κ1) is 18.0. The van der Waals surface area contributed by atoms with Crippen molar-refractivity contribution >= 4 is 0 Å². The van der Waals surface area contributed by atoms with Gasteiger partial charge in [-0.25, -0.2) is 4.98 Å². The first-order chi connectivity index (χ1) is 13.4. The first-order valence-electron chi connectivity index (χ1n) is 8.60. The van der Waals surface area contributed by atoms with Crippen molar-refractivity contribution in [1.29, 1.82) is 0 Å². The zero-order valence-corrected chi connectivity index (χ0v) is 14.9. The van der Waals surface area contributed by atoms with Crippen molar-refractivity contribution in [2.75, 3.05) is 0 Å². The van der Waals surface area contributed by atoms with Crippen LogP contribution in [-0.2, 0) is 6.18 Å². The van der Waals surface area contributed by atoms with Crippen molar-refractivity contribution in [1.82, 2.24) is 10.1 Å². The molecule has 0 saturated heterocycles. The zero-order chi connectivity index (χ0) is 19.7. The SMILES string of the molecule is Cc1cc(-c2c(-c3ccccc3)cc(C(F)(F)F)nc2-c2ccccc2)on1. The molecule has 0 radical (unpaired) electrons. The summed E-state index contributed by atoms with van der Waals surface area (Å²) in [4.78, 5) is 3.97. The summed E-state index contributed by atoms with van der Waals surface area (Å²) in [7, 11) is 0. The number of nitrogens with zero attached hydrogens (tertiary/aromatic N) is 2. The third kappa shape index (κ3) is 3.41. The summed E-state index contributed by atoms with van der Waals surface area (Å²) in [5.74, 6) is 0.372. The van der Waals surface area contributed by atoms with Crippen LogP contribution in [0.3, 0.4) is 0 Å². The molecule has 0 aliphatic rings. The van der Waals surface area contributed by atoms with Gasteiger partial charge in [0.25, 0.3) is 0 Å². The maximum absolute atomic E-state index is 13.6. The van der Waals surface area contributed by atoms with Gasteiger partial charge in [0.1, 0.15) is 5.69 Å². The van der Waals surface area contributed by atoms with E-state index in [1.807, 2.05) is 6.07 Å². The molecular weight excluding hydrogens is 365 g/mol. The van der Waals surface area contributed by atoms with Gasteiger partial charge in [-0.2, -0.15) is 13.2 Å². The van der Waals surface area contributed by atoms with Gasteiger partial charge >= 0.3 is 6.18 Å². The molecule has 0 amide bonds. The third-order valence-corrected chi connectivity index (χ3v) is 4.32. The summed E-state index contributed by atoms with van der Waals surface area (Å²) in [5, 5.41) is 3.91. The molecule has 0 aliphatic heterocycles. The Morgan fingerprint density at radius 3 is 1.96 bits per heavy atom. The molecule has 28 heavy (non-hydrogen) atoms. The largest absolute Gasteiger partial charge is 0.433 e. The summed E-state index contributed by atoms with van der Waals surface area (Å²) < 4.78 is 46.3. The van der Waals surface area contributed by atoms with Crippen LogP contribution in [0.15, 0.2) is 77.3 Å². The molecule has 0 fully saturated rings. The van der Waals surface area contributed by atoms with Crippen molar-refractivity contribution < 1.29 is 17.7 Å². The van der Waals surface area contributed by atoms with Gasteiger partial charge < -0.3 is 4.52 Å². The highest BCUT2D eigenvalue weighted by molar-refractivity contribution is 5.91. The molecule has 2 aromatic heterocycles. The minimum atomic E-state index is -4.58. The van der Waals surface area contributed by atoms with Crippen LogP contribution >= 0.6 is 0 Å². The van der Waals surface area contributed by atoms with Gasteiger partial charge in [0.05, 0.1) is 17.0 Å². The normalized spacial score (nSPS) is 11.6. The van der Waals surface area contributed by atoms with Crippen LogP contribution in [0.4, 0.5) is 13.2 Å². The van der Waals surface area contributed by atoms with E-state index in [0.717, 1.165) is 6.07 Å². The minimum absolute atomic E-state index is 0.199. The fourth-order valence-corrected chi connectivity index (χ4v) is 3.07. The lowest BCUT2D eigenvalue weighted by atomic mass is 9.93. The molecule has 0 N–H and O–H groups in total. The molecule has 2 heterocycles. The highest BCUT2D eigenvalue weighted by Gasteiger charge is 2.35. The topological polar surface area (TPSA) is 38.9 Å². The van der Waals surface area contributed by atoms with Crippen LogP contribution in [0.2, 0.25) is 0 Å². The van der Waals surface area contributed by atoms with Gasteiger partial charge in [-0.3, -0.25) is 0 Å². The van der Waals surface area contributed by atoms with Gasteiger partial charge in [-0.1, -0.05) is 65.8 Å². The van der Waals surface area contributed by atoms with Gasteiger partial charge in [0, 0.05) is 11.6 Å². The molecule has 4 rings (SSSR count). The van der Waals surface area contributed by atoms with Crippen LogP contribution in [-0.4, -0.2) is 10.1 Å². The Kier molecular flexibility index (Phi) is 4.47. The number of hydrogen-bond donors (Lipinski definition) is 0.